The zero-order valence-corrected chi connectivity index (χ0v) is 25.8. The maximum atomic E-state index is 14.3. The van der Waals surface area contributed by atoms with Crippen LogP contribution in [0.5, 0.6) is 5.75 Å². The molecular weight excluding hydrogens is 561 g/mol. The highest BCUT2D eigenvalue weighted by atomic mass is 28.4. The third-order valence-corrected chi connectivity index (χ3v) is 9.30. The summed E-state index contributed by atoms with van der Waals surface area (Å²) in [5, 5.41) is 13.3. The lowest BCUT2D eigenvalue weighted by Gasteiger charge is -2.28. The molecule has 9 nitrogen and oxygen atoms in total. The first kappa shape index (κ1) is 34.9. The molecule has 2 aromatic rings. The van der Waals surface area contributed by atoms with E-state index in [1.807, 2.05) is 45.0 Å². The van der Waals surface area contributed by atoms with E-state index in [9.17, 15) is 19.1 Å². The topological polar surface area (TPSA) is 115 Å². The maximum Gasteiger partial charge on any atom is 0.500 e. The average molecular weight is 605 g/mol. The highest BCUT2D eigenvalue weighted by molar-refractivity contribution is 6.60. The van der Waals surface area contributed by atoms with Crippen molar-refractivity contribution in [1.82, 2.24) is 5.32 Å². The summed E-state index contributed by atoms with van der Waals surface area (Å²) in [5.41, 5.74) is 1.67. The fourth-order valence-corrected chi connectivity index (χ4v) is 6.82. The summed E-state index contributed by atoms with van der Waals surface area (Å²) in [6.45, 7) is 8.71. The second-order valence-corrected chi connectivity index (χ2v) is 12.1. The Morgan fingerprint density at radius 2 is 1.48 bits per heavy atom. The Kier molecular flexibility index (Phi) is 16.5. The Labute approximate surface area is 249 Å². The van der Waals surface area contributed by atoms with Crippen molar-refractivity contribution >= 4 is 26.9 Å². The minimum Gasteiger partial charge on any atom is -0.545 e. The summed E-state index contributed by atoms with van der Waals surface area (Å²) in [4.78, 5) is 22.5. The predicted octanol–water partition coefficient (Wildman–Crippen LogP) is 5.36. The van der Waals surface area contributed by atoms with Gasteiger partial charge < -0.3 is 38.0 Å². The Balaban J connectivity index is 1.57. The molecule has 0 saturated carbocycles. The normalized spacial score (nSPS) is 11.5. The van der Waals surface area contributed by atoms with Crippen molar-refractivity contribution in [3.05, 3.63) is 59.9 Å². The molecule has 42 heavy (non-hydrogen) atoms. The molecule has 0 aliphatic rings. The van der Waals surface area contributed by atoms with Crippen molar-refractivity contribution in [2.24, 2.45) is 0 Å². The number of carboxylic acids is 1. The monoisotopic (exact) mass is 604 g/mol. The van der Waals surface area contributed by atoms with E-state index in [2.05, 4.69) is 5.32 Å². The van der Waals surface area contributed by atoms with Gasteiger partial charge in [0.25, 0.3) is 0 Å². The number of nitrogens with one attached hydrogen (secondary N) is 1. The largest absolute Gasteiger partial charge is 0.545 e. The van der Waals surface area contributed by atoms with Crippen molar-refractivity contribution < 1.29 is 41.8 Å². The second kappa shape index (κ2) is 19.8. The van der Waals surface area contributed by atoms with Gasteiger partial charge in [0.1, 0.15) is 11.6 Å². The van der Waals surface area contributed by atoms with Crippen LogP contribution in [0.15, 0.2) is 48.5 Å². The quantitative estimate of drug-likeness (QED) is 0.115. The fraction of sp³-hybridized carbons (Fsp3) is 0.484. The number of carbonyl (C=O) groups is 2. The van der Waals surface area contributed by atoms with Gasteiger partial charge in [-0.15, -0.1) is 0 Å². The predicted molar refractivity (Wildman–Crippen MR) is 159 cm³/mol. The number of unbranched alkanes of at least 4 members (excludes halogenated alkanes) is 3. The van der Waals surface area contributed by atoms with Crippen LogP contribution in [-0.2, 0) is 22.8 Å². The number of hydrogen-bond donors (Lipinski definition) is 1. The first-order valence-corrected chi connectivity index (χ1v) is 16.5. The molecule has 0 unspecified atom stereocenters. The SMILES string of the molecule is CCO[Si](CCCNC(=O)OCCCCCCOc1ccc(-c2ccc(/C=C/C(=O)[O-])c(F)c2)cc1)(OCC)OCC. The molecule has 0 aliphatic carbocycles. The van der Waals surface area contributed by atoms with E-state index in [1.54, 1.807) is 6.07 Å². The van der Waals surface area contributed by atoms with E-state index >= 15 is 0 Å². The van der Waals surface area contributed by atoms with Crippen LogP contribution in [0.1, 0.15) is 58.4 Å². The molecule has 2 rings (SSSR count). The number of rotatable bonds is 21. The van der Waals surface area contributed by atoms with Crippen LogP contribution in [0.25, 0.3) is 17.2 Å². The second-order valence-electron chi connectivity index (χ2n) is 9.32. The van der Waals surface area contributed by atoms with Gasteiger partial charge in [0.2, 0.25) is 0 Å². The molecule has 11 heteroatoms. The molecule has 0 atom stereocenters. The Morgan fingerprint density at radius 3 is 2.07 bits per heavy atom. The van der Waals surface area contributed by atoms with Crippen molar-refractivity contribution in [3.8, 4) is 16.9 Å². The number of ether oxygens (including phenoxy) is 2. The van der Waals surface area contributed by atoms with Crippen LogP contribution in [-0.4, -0.2) is 60.4 Å². The van der Waals surface area contributed by atoms with Crippen LogP contribution in [0, 0.1) is 5.82 Å². The van der Waals surface area contributed by atoms with Crippen molar-refractivity contribution in [2.45, 2.75) is 58.9 Å². The first-order valence-electron chi connectivity index (χ1n) is 14.6. The van der Waals surface area contributed by atoms with Crippen LogP contribution >= 0.6 is 0 Å². The zero-order valence-electron chi connectivity index (χ0n) is 24.8. The molecule has 0 aromatic heterocycles. The van der Waals surface area contributed by atoms with Gasteiger partial charge in [-0.25, -0.2) is 9.18 Å². The lowest BCUT2D eigenvalue weighted by Crippen LogP contribution is -2.46. The number of carboxylic acid groups (broad SMARTS) is 1. The summed E-state index contributed by atoms with van der Waals surface area (Å²) in [6, 6.07) is 12.6. The van der Waals surface area contributed by atoms with Crippen LogP contribution in [0.4, 0.5) is 9.18 Å². The minimum absolute atomic E-state index is 0.176. The van der Waals surface area contributed by atoms with Gasteiger partial charge in [0.05, 0.1) is 19.2 Å². The molecule has 1 N–H and O–H groups in total. The van der Waals surface area contributed by atoms with Gasteiger partial charge >= 0.3 is 14.9 Å². The van der Waals surface area contributed by atoms with Crippen molar-refractivity contribution in [3.63, 3.8) is 0 Å². The van der Waals surface area contributed by atoms with Crippen LogP contribution < -0.4 is 15.2 Å². The number of hydrogen-bond acceptors (Lipinski definition) is 8. The molecule has 0 aliphatic heterocycles. The molecule has 1 amide bonds. The summed E-state index contributed by atoms with van der Waals surface area (Å²) in [6.07, 6.45) is 5.72. The third kappa shape index (κ3) is 13.2. The van der Waals surface area contributed by atoms with E-state index in [0.29, 0.717) is 57.6 Å². The molecule has 0 radical (unpaired) electrons. The number of alkyl carbamates (subject to hydrolysis) is 1. The van der Waals surface area contributed by atoms with E-state index in [1.165, 1.54) is 18.2 Å². The van der Waals surface area contributed by atoms with Gasteiger partial charge in [0, 0.05) is 38.0 Å². The van der Waals surface area contributed by atoms with Gasteiger partial charge in [-0.3, -0.25) is 0 Å². The lowest BCUT2D eigenvalue weighted by atomic mass is 10.0. The summed E-state index contributed by atoms with van der Waals surface area (Å²) < 4.78 is 42.8. The molecule has 0 bridgehead atoms. The highest BCUT2D eigenvalue weighted by Gasteiger charge is 2.39. The van der Waals surface area contributed by atoms with Crippen LogP contribution in [0.2, 0.25) is 6.04 Å². The number of benzene rings is 2. The number of carbonyl (C=O) groups excluding carboxylic acids is 2. The van der Waals surface area contributed by atoms with Crippen LogP contribution in [0.3, 0.4) is 0 Å². The van der Waals surface area contributed by atoms with Gasteiger partial charge in [-0.1, -0.05) is 30.3 Å². The third-order valence-electron chi connectivity index (χ3n) is 6.15. The van der Waals surface area contributed by atoms with E-state index in [0.717, 1.165) is 43.1 Å². The van der Waals surface area contributed by atoms with Crippen molar-refractivity contribution in [1.29, 1.82) is 0 Å². The van der Waals surface area contributed by atoms with E-state index < -0.39 is 26.7 Å². The number of halogens is 1. The van der Waals surface area contributed by atoms with E-state index in [4.69, 9.17) is 22.8 Å². The standard InChI is InChI=1S/C31H44FNO8Si/c1-4-39-42(40-5-2,41-6-3)23-11-20-33-31(36)38-22-10-8-7-9-21-37-28-17-14-25(15-18-28)27-13-12-26(29(32)24-27)16-19-30(34)35/h12-19,24H,4-11,20-23H2,1-3H3,(H,33,36)(H,34,35)/p-1/b19-16+. The fourth-order valence-electron chi connectivity index (χ4n) is 4.20. The van der Waals surface area contributed by atoms with Gasteiger partial charge in [-0.05, 0) is 88.3 Å². The molecule has 0 fully saturated rings. The maximum absolute atomic E-state index is 14.3. The molecular formula is C31H43FNO8Si-. The number of aliphatic carboxylic acids is 1. The lowest BCUT2D eigenvalue weighted by molar-refractivity contribution is -0.297. The summed E-state index contributed by atoms with van der Waals surface area (Å²) in [7, 11) is -2.69. The Bertz CT molecular complexity index is 1100. The Morgan fingerprint density at radius 1 is 0.857 bits per heavy atom. The van der Waals surface area contributed by atoms with Gasteiger partial charge in [0.15, 0.2) is 0 Å². The molecule has 232 valence electrons. The molecule has 0 heterocycles. The zero-order chi connectivity index (χ0) is 30.6. The highest BCUT2D eigenvalue weighted by Crippen LogP contribution is 2.25. The first-order chi connectivity index (χ1) is 20.3. The summed E-state index contributed by atoms with van der Waals surface area (Å²) >= 11 is 0. The molecule has 0 saturated heterocycles. The van der Waals surface area contributed by atoms with Crippen molar-refractivity contribution in [2.75, 3.05) is 39.6 Å². The molecule has 2 aromatic carbocycles. The smallest absolute Gasteiger partial charge is 0.500 e. The van der Waals surface area contributed by atoms with Gasteiger partial charge in [-0.2, -0.15) is 0 Å². The minimum atomic E-state index is -2.69. The Hall–Kier alpha value is -3.25. The summed E-state index contributed by atoms with van der Waals surface area (Å²) in [5.74, 6) is -1.17. The average Bonchev–Trinajstić information content (AvgIpc) is 2.97. The van der Waals surface area contributed by atoms with E-state index in [-0.39, 0.29) is 5.56 Å². The number of amides is 1. The molecule has 0 spiro atoms.